The molecule has 0 fully saturated rings. The number of carbonyl (C=O) groups excluding carboxylic acids is 1. The Morgan fingerprint density at radius 1 is 1.46 bits per heavy atom. The van der Waals surface area contributed by atoms with Gasteiger partial charge in [0.05, 0.1) is 7.11 Å². The minimum absolute atomic E-state index is 0.222. The predicted molar refractivity (Wildman–Crippen MR) is 47.2 cm³/mol. The lowest BCUT2D eigenvalue weighted by atomic mass is 9.94. The van der Waals surface area contributed by atoms with E-state index in [1.807, 2.05) is 13.8 Å². The van der Waals surface area contributed by atoms with Crippen LogP contribution in [0.5, 0.6) is 0 Å². The first-order valence-corrected chi connectivity index (χ1v) is 4.33. The molecule has 4 nitrogen and oxygen atoms in total. The third kappa shape index (κ3) is 3.92. The van der Waals surface area contributed by atoms with E-state index in [0.717, 1.165) is 6.42 Å². The zero-order chi connectivity index (χ0) is 10.4. The highest BCUT2D eigenvalue weighted by Gasteiger charge is 2.28. The number of ether oxygens (including phenoxy) is 1. The van der Waals surface area contributed by atoms with Gasteiger partial charge in [0.15, 0.2) is 5.92 Å². The molecule has 0 saturated heterocycles. The van der Waals surface area contributed by atoms with Gasteiger partial charge in [-0.25, -0.2) is 0 Å². The van der Waals surface area contributed by atoms with Crippen molar-refractivity contribution in [3.05, 3.63) is 0 Å². The molecule has 2 unspecified atom stereocenters. The van der Waals surface area contributed by atoms with Gasteiger partial charge in [-0.05, 0) is 12.3 Å². The third-order valence-corrected chi connectivity index (χ3v) is 2.12. The molecule has 0 radical (unpaired) electrons. The van der Waals surface area contributed by atoms with E-state index in [1.54, 1.807) is 0 Å². The van der Waals surface area contributed by atoms with Gasteiger partial charge in [0, 0.05) is 0 Å². The Morgan fingerprint density at radius 2 is 2.00 bits per heavy atom. The van der Waals surface area contributed by atoms with Crippen molar-refractivity contribution in [3.63, 3.8) is 0 Å². The summed E-state index contributed by atoms with van der Waals surface area (Å²) in [5, 5.41) is 8.72. The van der Waals surface area contributed by atoms with E-state index in [4.69, 9.17) is 5.11 Å². The molecule has 0 aliphatic carbocycles. The molecular weight excluding hydrogens is 172 g/mol. The van der Waals surface area contributed by atoms with Gasteiger partial charge in [-0.2, -0.15) is 0 Å². The minimum atomic E-state index is -1.10. The van der Waals surface area contributed by atoms with E-state index >= 15 is 0 Å². The van der Waals surface area contributed by atoms with Crippen LogP contribution in [0.1, 0.15) is 26.7 Å². The number of carboxylic acid groups (broad SMARTS) is 1. The largest absolute Gasteiger partial charge is 0.481 e. The quantitative estimate of drug-likeness (QED) is 0.521. The van der Waals surface area contributed by atoms with Crippen molar-refractivity contribution in [3.8, 4) is 0 Å². The molecule has 76 valence electrons. The lowest BCUT2D eigenvalue weighted by molar-refractivity contribution is -0.157. The molecule has 0 heterocycles. The van der Waals surface area contributed by atoms with Crippen LogP contribution in [0.15, 0.2) is 0 Å². The van der Waals surface area contributed by atoms with E-state index in [0.29, 0.717) is 6.42 Å². The first-order valence-electron chi connectivity index (χ1n) is 4.33. The van der Waals surface area contributed by atoms with Crippen molar-refractivity contribution in [2.45, 2.75) is 26.7 Å². The van der Waals surface area contributed by atoms with E-state index in [9.17, 15) is 9.59 Å². The number of aliphatic carboxylic acids is 1. The topological polar surface area (TPSA) is 63.6 Å². The molecule has 0 aliphatic rings. The molecule has 0 amide bonds. The highest BCUT2D eigenvalue weighted by Crippen LogP contribution is 2.16. The van der Waals surface area contributed by atoms with Crippen molar-refractivity contribution >= 4 is 11.9 Å². The van der Waals surface area contributed by atoms with E-state index in [-0.39, 0.29) is 5.92 Å². The first kappa shape index (κ1) is 11.9. The van der Waals surface area contributed by atoms with Gasteiger partial charge in [0.25, 0.3) is 0 Å². The summed E-state index contributed by atoms with van der Waals surface area (Å²) in [7, 11) is 1.20. The van der Waals surface area contributed by atoms with Crippen LogP contribution in [-0.2, 0) is 14.3 Å². The lowest BCUT2D eigenvalue weighted by Gasteiger charge is -2.13. The van der Waals surface area contributed by atoms with Crippen LogP contribution in [-0.4, -0.2) is 24.2 Å². The SMILES string of the molecule is CCC(C)CC(C(=O)O)C(=O)OC. The molecule has 0 aromatic heterocycles. The molecule has 0 spiro atoms. The Bertz CT molecular complexity index is 188. The molecule has 0 bridgehead atoms. The summed E-state index contributed by atoms with van der Waals surface area (Å²) in [5.74, 6) is -2.56. The molecule has 13 heavy (non-hydrogen) atoms. The molecule has 0 aromatic carbocycles. The Labute approximate surface area is 77.9 Å². The van der Waals surface area contributed by atoms with Gasteiger partial charge in [0.1, 0.15) is 0 Å². The smallest absolute Gasteiger partial charge is 0.320 e. The maximum Gasteiger partial charge on any atom is 0.320 e. The molecule has 1 N–H and O–H groups in total. The summed E-state index contributed by atoms with van der Waals surface area (Å²) in [6, 6.07) is 0. The summed E-state index contributed by atoms with van der Waals surface area (Å²) in [5.41, 5.74) is 0. The van der Waals surface area contributed by atoms with Crippen molar-refractivity contribution < 1.29 is 19.4 Å². The van der Waals surface area contributed by atoms with Crippen LogP contribution in [0.2, 0.25) is 0 Å². The fourth-order valence-corrected chi connectivity index (χ4v) is 1.01. The van der Waals surface area contributed by atoms with Crippen LogP contribution >= 0.6 is 0 Å². The van der Waals surface area contributed by atoms with Gasteiger partial charge >= 0.3 is 11.9 Å². The fourth-order valence-electron chi connectivity index (χ4n) is 1.01. The molecule has 0 aliphatic heterocycles. The molecular formula is C9H16O4. The second-order valence-electron chi connectivity index (χ2n) is 3.16. The summed E-state index contributed by atoms with van der Waals surface area (Å²) >= 11 is 0. The number of carboxylic acids is 1. The Morgan fingerprint density at radius 3 is 2.31 bits per heavy atom. The summed E-state index contributed by atoms with van der Waals surface area (Å²) in [4.78, 5) is 21.7. The molecule has 4 heteroatoms. The Hall–Kier alpha value is -1.06. The van der Waals surface area contributed by atoms with Crippen molar-refractivity contribution in [2.24, 2.45) is 11.8 Å². The van der Waals surface area contributed by atoms with Gasteiger partial charge in [-0.15, -0.1) is 0 Å². The number of rotatable bonds is 5. The van der Waals surface area contributed by atoms with E-state index < -0.39 is 17.9 Å². The standard InChI is InChI=1S/C9H16O4/c1-4-6(2)5-7(8(10)11)9(12)13-3/h6-7H,4-5H2,1-3H3,(H,10,11). The van der Waals surface area contributed by atoms with Gasteiger partial charge in [-0.3, -0.25) is 9.59 Å². The zero-order valence-electron chi connectivity index (χ0n) is 8.24. The average molecular weight is 188 g/mol. The Kier molecular flexibility index (Phi) is 5.11. The van der Waals surface area contributed by atoms with E-state index in [2.05, 4.69) is 4.74 Å². The van der Waals surface area contributed by atoms with Crippen LogP contribution < -0.4 is 0 Å². The molecule has 0 saturated carbocycles. The second kappa shape index (κ2) is 5.56. The number of esters is 1. The lowest BCUT2D eigenvalue weighted by Crippen LogP contribution is -2.26. The molecule has 0 rings (SSSR count). The normalized spacial score (nSPS) is 14.7. The second-order valence-corrected chi connectivity index (χ2v) is 3.16. The highest BCUT2D eigenvalue weighted by atomic mass is 16.5. The molecule has 2 atom stereocenters. The maximum absolute atomic E-state index is 11.0. The van der Waals surface area contributed by atoms with Crippen LogP contribution in [0.25, 0.3) is 0 Å². The maximum atomic E-state index is 11.0. The fraction of sp³-hybridized carbons (Fsp3) is 0.778. The summed E-state index contributed by atoms with van der Waals surface area (Å²) in [6.07, 6.45) is 1.21. The van der Waals surface area contributed by atoms with Crippen molar-refractivity contribution in [2.75, 3.05) is 7.11 Å². The van der Waals surface area contributed by atoms with Crippen LogP contribution in [0, 0.1) is 11.8 Å². The molecule has 0 aromatic rings. The van der Waals surface area contributed by atoms with Crippen molar-refractivity contribution in [1.29, 1.82) is 0 Å². The average Bonchev–Trinajstić information content (AvgIpc) is 2.11. The van der Waals surface area contributed by atoms with Gasteiger partial charge in [0.2, 0.25) is 0 Å². The van der Waals surface area contributed by atoms with Gasteiger partial charge < -0.3 is 9.84 Å². The minimum Gasteiger partial charge on any atom is -0.481 e. The van der Waals surface area contributed by atoms with Crippen LogP contribution in [0.4, 0.5) is 0 Å². The van der Waals surface area contributed by atoms with E-state index in [1.165, 1.54) is 7.11 Å². The number of methoxy groups -OCH3 is 1. The number of hydrogen-bond acceptors (Lipinski definition) is 3. The number of hydrogen-bond donors (Lipinski definition) is 1. The van der Waals surface area contributed by atoms with Gasteiger partial charge in [-0.1, -0.05) is 20.3 Å². The summed E-state index contributed by atoms with van der Waals surface area (Å²) < 4.78 is 4.40. The monoisotopic (exact) mass is 188 g/mol. The number of carbonyl (C=O) groups is 2. The predicted octanol–water partition coefficient (Wildman–Crippen LogP) is 1.30. The zero-order valence-corrected chi connectivity index (χ0v) is 8.24. The third-order valence-electron chi connectivity index (χ3n) is 2.12. The highest BCUT2D eigenvalue weighted by molar-refractivity contribution is 5.93. The van der Waals surface area contributed by atoms with Crippen molar-refractivity contribution in [1.82, 2.24) is 0 Å². The summed E-state index contributed by atoms with van der Waals surface area (Å²) in [6.45, 7) is 3.87. The first-order chi connectivity index (χ1) is 6.02. The van der Waals surface area contributed by atoms with Crippen LogP contribution in [0.3, 0.4) is 0 Å². The Balaban J connectivity index is 4.26.